The Kier molecular flexibility index (Phi) is 9.02. The zero-order chi connectivity index (χ0) is 27.8. The molecule has 2 heteroatoms. The minimum Gasteiger partial charge on any atom is -0.310 e. The molecule has 0 unspecified atom stereocenters. The van der Waals surface area contributed by atoms with E-state index in [-0.39, 0.29) is 5.41 Å². The number of nitriles is 1. The van der Waals surface area contributed by atoms with Crippen molar-refractivity contribution in [2.75, 3.05) is 4.90 Å². The summed E-state index contributed by atoms with van der Waals surface area (Å²) in [5.74, 6) is 0. The Bertz CT molecular complexity index is 1380. The highest BCUT2D eigenvalue weighted by atomic mass is 15.1. The van der Waals surface area contributed by atoms with Gasteiger partial charge in [-0.15, -0.1) is 0 Å². The number of nitrogens with zero attached hydrogens (tertiary/aromatic N) is 2. The van der Waals surface area contributed by atoms with Gasteiger partial charge in [0.05, 0.1) is 11.6 Å². The van der Waals surface area contributed by atoms with E-state index in [1.165, 1.54) is 79.3 Å². The molecule has 1 aliphatic carbocycles. The van der Waals surface area contributed by atoms with Gasteiger partial charge in [0.2, 0.25) is 0 Å². The van der Waals surface area contributed by atoms with Crippen molar-refractivity contribution in [2.24, 2.45) is 0 Å². The molecule has 1 aliphatic rings. The van der Waals surface area contributed by atoms with Gasteiger partial charge < -0.3 is 4.90 Å². The Balaban J connectivity index is 1.67. The second kappa shape index (κ2) is 13.0. The van der Waals surface area contributed by atoms with E-state index in [0.29, 0.717) is 0 Å². The zero-order valence-corrected chi connectivity index (χ0v) is 24.2. The molecular formula is C38H42N2. The van der Waals surface area contributed by atoms with Gasteiger partial charge >= 0.3 is 0 Å². The summed E-state index contributed by atoms with van der Waals surface area (Å²) in [4.78, 5) is 2.38. The van der Waals surface area contributed by atoms with Crippen LogP contribution >= 0.6 is 0 Å². The van der Waals surface area contributed by atoms with Crippen molar-refractivity contribution < 1.29 is 0 Å². The minimum absolute atomic E-state index is 0.0614. The molecule has 0 N–H and O–H groups in total. The second-order valence-electron chi connectivity index (χ2n) is 11.3. The molecular weight excluding hydrogens is 484 g/mol. The van der Waals surface area contributed by atoms with Crippen molar-refractivity contribution in [1.29, 1.82) is 5.26 Å². The van der Waals surface area contributed by atoms with Crippen LogP contribution in [0.25, 0.3) is 11.1 Å². The van der Waals surface area contributed by atoms with Crippen LogP contribution in [0.1, 0.15) is 94.7 Å². The van der Waals surface area contributed by atoms with Gasteiger partial charge in [0, 0.05) is 22.5 Å². The molecule has 2 nitrogen and oxygen atoms in total. The van der Waals surface area contributed by atoms with Gasteiger partial charge in [-0.2, -0.15) is 5.26 Å². The molecule has 0 heterocycles. The van der Waals surface area contributed by atoms with E-state index in [4.69, 9.17) is 0 Å². The summed E-state index contributed by atoms with van der Waals surface area (Å²) in [5.41, 5.74) is 9.70. The number of hydrogen-bond donors (Lipinski definition) is 0. The number of anilines is 3. The number of rotatable bonds is 13. The predicted molar refractivity (Wildman–Crippen MR) is 170 cm³/mol. The summed E-state index contributed by atoms with van der Waals surface area (Å²) in [7, 11) is 0. The molecule has 0 saturated carbocycles. The van der Waals surface area contributed by atoms with Gasteiger partial charge in [0.1, 0.15) is 0 Å². The standard InChI is InChI=1S/C38H42N2/c1-3-5-7-15-25-38(26-16-8-6-4-2)36-27-30(29-39)21-23-34(36)35-24-22-33(28-37(35)38)40(31-17-11-9-12-18-31)32-19-13-10-14-20-32/h9-14,17-24,27-28H,3-8,15-16,25-26H2,1-2H3. The van der Waals surface area contributed by atoms with Crippen LogP contribution in [-0.2, 0) is 5.41 Å². The van der Waals surface area contributed by atoms with E-state index in [2.05, 4.69) is 116 Å². The molecule has 0 fully saturated rings. The largest absolute Gasteiger partial charge is 0.310 e. The topological polar surface area (TPSA) is 27.0 Å². The SMILES string of the molecule is CCCCCCC1(CCCCCC)c2cc(C#N)ccc2-c2ccc(N(c3ccccc3)c3ccccc3)cc21. The van der Waals surface area contributed by atoms with Crippen LogP contribution in [0.5, 0.6) is 0 Å². The summed E-state index contributed by atoms with van der Waals surface area (Å²) in [5, 5.41) is 9.86. The van der Waals surface area contributed by atoms with Gasteiger partial charge in [-0.3, -0.25) is 0 Å². The van der Waals surface area contributed by atoms with Gasteiger partial charge in [0.25, 0.3) is 0 Å². The molecule has 0 radical (unpaired) electrons. The maximum atomic E-state index is 9.86. The minimum atomic E-state index is -0.0614. The number of para-hydroxylation sites is 2. The molecule has 0 spiro atoms. The maximum absolute atomic E-state index is 9.86. The fourth-order valence-electron chi connectivity index (χ4n) is 6.66. The monoisotopic (exact) mass is 526 g/mol. The molecule has 0 atom stereocenters. The first-order valence-electron chi connectivity index (χ1n) is 15.3. The molecule has 5 rings (SSSR count). The fourth-order valence-corrected chi connectivity index (χ4v) is 6.66. The lowest BCUT2D eigenvalue weighted by atomic mass is 9.70. The van der Waals surface area contributed by atoms with Crippen molar-refractivity contribution in [3.63, 3.8) is 0 Å². The van der Waals surface area contributed by atoms with E-state index < -0.39 is 0 Å². The van der Waals surface area contributed by atoms with Crippen molar-refractivity contribution in [1.82, 2.24) is 0 Å². The summed E-state index contributed by atoms with van der Waals surface area (Å²) < 4.78 is 0. The first kappa shape index (κ1) is 27.7. The van der Waals surface area contributed by atoms with Gasteiger partial charge in [-0.05, 0) is 83.6 Å². The quantitative estimate of drug-likeness (QED) is 0.162. The first-order valence-corrected chi connectivity index (χ1v) is 15.3. The molecule has 40 heavy (non-hydrogen) atoms. The van der Waals surface area contributed by atoms with Crippen LogP contribution in [0, 0.1) is 11.3 Å². The van der Waals surface area contributed by atoms with Gasteiger partial charge in [0.15, 0.2) is 0 Å². The van der Waals surface area contributed by atoms with Gasteiger partial charge in [-0.1, -0.05) is 114 Å². The average molecular weight is 527 g/mol. The molecule has 4 aromatic rings. The first-order chi connectivity index (χ1) is 19.7. The Labute approximate surface area is 241 Å². The molecule has 0 aromatic heterocycles. The van der Waals surface area contributed by atoms with E-state index in [1.807, 2.05) is 6.07 Å². The van der Waals surface area contributed by atoms with Crippen LogP contribution in [0.3, 0.4) is 0 Å². The summed E-state index contributed by atoms with van der Waals surface area (Å²) in [6.45, 7) is 4.57. The lowest BCUT2D eigenvalue weighted by Crippen LogP contribution is -2.26. The van der Waals surface area contributed by atoms with E-state index in [9.17, 15) is 5.26 Å². The summed E-state index contributed by atoms with van der Waals surface area (Å²) in [6.07, 6.45) is 12.2. The van der Waals surface area contributed by atoms with Gasteiger partial charge in [-0.25, -0.2) is 0 Å². The number of unbranched alkanes of at least 4 members (excludes halogenated alkanes) is 6. The number of fused-ring (bicyclic) bond motifs is 3. The normalized spacial score (nSPS) is 12.9. The summed E-state index contributed by atoms with van der Waals surface area (Å²) >= 11 is 0. The Morgan fingerprint density at radius 3 is 1.62 bits per heavy atom. The lowest BCUT2D eigenvalue weighted by Gasteiger charge is -2.34. The van der Waals surface area contributed by atoms with E-state index in [0.717, 1.165) is 29.8 Å². The molecule has 204 valence electrons. The van der Waals surface area contributed by atoms with Crippen LogP contribution < -0.4 is 4.90 Å². The third kappa shape index (κ3) is 5.57. The van der Waals surface area contributed by atoms with Crippen LogP contribution in [-0.4, -0.2) is 0 Å². The van der Waals surface area contributed by atoms with Crippen LogP contribution in [0.4, 0.5) is 17.1 Å². The van der Waals surface area contributed by atoms with Crippen LogP contribution in [0.2, 0.25) is 0 Å². The average Bonchev–Trinajstić information content (AvgIpc) is 3.27. The number of benzene rings is 4. The molecule has 0 amide bonds. The number of hydrogen-bond acceptors (Lipinski definition) is 2. The van der Waals surface area contributed by atoms with Crippen molar-refractivity contribution in [3.8, 4) is 17.2 Å². The Hall–Kier alpha value is -3.83. The molecule has 0 aliphatic heterocycles. The Morgan fingerprint density at radius 2 is 1.10 bits per heavy atom. The molecule has 0 bridgehead atoms. The second-order valence-corrected chi connectivity index (χ2v) is 11.3. The van der Waals surface area contributed by atoms with E-state index >= 15 is 0 Å². The predicted octanol–water partition coefficient (Wildman–Crippen LogP) is 11.2. The molecule has 4 aromatic carbocycles. The summed E-state index contributed by atoms with van der Waals surface area (Å²) in [6, 6.07) is 37.3. The third-order valence-corrected chi connectivity index (χ3v) is 8.67. The Morgan fingerprint density at radius 1 is 0.575 bits per heavy atom. The fraction of sp³-hybridized carbons (Fsp3) is 0.342. The zero-order valence-electron chi connectivity index (χ0n) is 24.2. The lowest BCUT2D eigenvalue weighted by molar-refractivity contribution is 0.401. The third-order valence-electron chi connectivity index (χ3n) is 8.67. The van der Waals surface area contributed by atoms with Crippen molar-refractivity contribution >= 4 is 17.1 Å². The highest BCUT2D eigenvalue weighted by Crippen LogP contribution is 2.55. The smallest absolute Gasteiger partial charge is 0.0991 e. The highest BCUT2D eigenvalue weighted by Gasteiger charge is 2.42. The van der Waals surface area contributed by atoms with Crippen molar-refractivity contribution in [3.05, 3.63) is 114 Å². The molecule has 0 saturated heterocycles. The highest BCUT2D eigenvalue weighted by molar-refractivity contribution is 5.86. The van der Waals surface area contributed by atoms with Crippen LogP contribution in [0.15, 0.2) is 97.1 Å². The van der Waals surface area contributed by atoms with E-state index in [1.54, 1.807) is 0 Å². The van der Waals surface area contributed by atoms with Crippen molar-refractivity contribution in [2.45, 2.75) is 83.5 Å². The maximum Gasteiger partial charge on any atom is 0.0991 e.